The van der Waals surface area contributed by atoms with Gasteiger partial charge in [-0.2, -0.15) is 0 Å². The Bertz CT molecular complexity index is 854. The second-order valence-corrected chi connectivity index (χ2v) is 18.1. The molecule has 0 fully saturated rings. The maximum Gasteiger partial charge on any atom is 0.306 e. The van der Waals surface area contributed by atoms with Gasteiger partial charge in [0.15, 0.2) is 6.10 Å². The molecule has 0 heterocycles. The highest BCUT2D eigenvalue weighted by Crippen LogP contribution is 2.17. The molecule has 6 nitrogen and oxygen atoms in total. The Labute approximate surface area is 348 Å². The summed E-state index contributed by atoms with van der Waals surface area (Å²) in [6, 6.07) is 0. The second-order valence-electron chi connectivity index (χ2n) is 18.1. The van der Waals surface area contributed by atoms with Gasteiger partial charge < -0.3 is 14.2 Å². The second kappa shape index (κ2) is 43.0. The summed E-state index contributed by atoms with van der Waals surface area (Å²) < 4.78 is 16.7. The molecule has 1 atom stereocenters. The van der Waals surface area contributed by atoms with Crippen LogP contribution in [0.25, 0.3) is 0 Å². The number of hydrogen-bond donors (Lipinski definition) is 0. The van der Waals surface area contributed by atoms with Gasteiger partial charge in [-0.05, 0) is 31.1 Å². The van der Waals surface area contributed by atoms with E-state index in [1.165, 1.54) is 161 Å². The zero-order valence-corrected chi connectivity index (χ0v) is 38.3. The summed E-state index contributed by atoms with van der Waals surface area (Å²) in [4.78, 5) is 37.8. The quantitative estimate of drug-likeness (QED) is 0.0347. The highest BCUT2D eigenvalue weighted by molar-refractivity contribution is 5.71. The summed E-state index contributed by atoms with van der Waals surface area (Å²) in [5.41, 5.74) is 0. The lowest BCUT2D eigenvalue weighted by Gasteiger charge is -2.18. The summed E-state index contributed by atoms with van der Waals surface area (Å²) in [5.74, 6) is 0.714. The maximum absolute atomic E-state index is 12.8. The molecule has 0 N–H and O–H groups in total. The molecular formula is C50H96O6. The van der Waals surface area contributed by atoms with E-state index in [9.17, 15) is 14.4 Å². The van der Waals surface area contributed by atoms with Crippen LogP contribution in [0.4, 0.5) is 0 Å². The van der Waals surface area contributed by atoms with Gasteiger partial charge >= 0.3 is 17.9 Å². The van der Waals surface area contributed by atoms with Crippen molar-refractivity contribution in [2.75, 3.05) is 13.2 Å². The van der Waals surface area contributed by atoms with Gasteiger partial charge in [0.25, 0.3) is 0 Å². The molecule has 56 heavy (non-hydrogen) atoms. The fraction of sp³-hybridized carbons (Fsp3) is 0.940. The van der Waals surface area contributed by atoms with Crippen molar-refractivity contribution in [3.63, 3.8) is 0 Å². The van der Waals surface area contributed by atoms with Gasteiger partial charge in [0.05, 0.1) is 0 Å². The summed E-state index contributed by atoms with van der Waals surface area (Å²) in [6.07, 6.45) is 42.5. The number of ether oxygens (including phenoxy) is 3. The van der Waals surface area contributed by atoms with E-state index < -0.39 is 6.10 Å². The van der Waals surface area contributed by atoms with E-state index in [0.717, 1.165) is 69.6 Å². The molecule has 0 aliphatic carbocycles. The Kier molecular flexibility index (Phi) is 41.8. The van der Waals surface area contributed by atoms with Crippen LogP contribution in [0.1, 0.15) is 272 Å². The molecule has 0 rings (SSSR count). The Hall–Kier alpha value is -1.59. The van der Waals surface area contributed by atoms with Crippen molar-refractivity contribution in [2.45, 2.75) is 278 Å². The SMILES string of the molecule is CCCCCCCCCCCCCCCCCCCC(=O)O[C@@H](COC(=O)CCCCCCCCCCCC(C)C)COC(=O)CCCCCCCCC(C)C. The molecule has 0 aromatic carbocycles. The van der Waals surface area contributed by atoms with Crippen LogP contribution in [-0.4, -0.2) is 37.2 Å². The lowest BCUT2D eigenvalue weighted by Crippen LogP contribution is -2.30. The first-order valence-corrected chi connectivity index (χ1v) is 24.7. The number of carbonyl (C=O) groups is 3. The standard InChI is InChI=1S/C50H96O6/c1-6-7-8-9-10-11-12-13-14-15-16-17-18-21-25-32-37-42-50(53)56-47(44-55-49(52)41-36-31-27-26-29-34-39-46(4)5)43-54-48(51)40-35-30-24-22-19-20-23-28-33-38-45(2)3/h45-47H,6-44H2,1-5H3/t47-/m0/s1. The van der Waals surface area contributed by atoms with E-state index in [4.69, 9.17) is 14.2 Å². The number of carbonyl (C=O) groups excluding carboxylic acids is 3. The molecule has 0 radical (unpaired) electrons. The first-order chi connectivity index (χ1) is 27.2. The van der Waals surface area contributed by atoms with E-state index in [1.54, 1.807) is 0 Å². The van der Waals surface area contributed by atoms with Crippen molar-refractivity contribution in [2.24, 2.45) is 11.8 Å². The maximum atomic E-state index is 12.8. The topological polar surface area (TPSA) is 78.9 Å². The zero-order valence-electron chi connectivity index (χ0n) is 38.3. The average molecular weight is 793 g/mol. The minimum atomic E-state index is -0.761. The minimum Gasteiger partial charge on any atom is -0.462 e. The van der Waals surface area contributed by atoms with Crippen LogP contribution < -0.4 is 0 Å². The summed E-state index contributed by atoms with van der Waals surface area (Å²) >= 11 is 0. The van der Waals surface area contributed by atoms with E-state index in [-0.39, 0.29) is 31.1 Å². The van der Waals surface area contributed by atoms with Crippen molar-refractivity contribution in [3.05, 3.63) is 0 Å². The number of unbranched alkanes of at least 4 members (excludes halogenated alkanes) is 29. The molecule has 0 spiro atoms. The molecule has 0 aliphatic heterocycles. The Morgan fingerprint density at radius 3 is 0.875 bits per heavy atom. The predicted octanol–water partition coefficient (Wildman–Crippen LogP) is 15.8. The summed E-state index contributed by atoms with van der Waals surface area (Å²) in [5, 5.41) is 0. The first-order valence-electron chi connectivity index (χ1n) is 24.7. The number of hydrogen-bond acceptors (Lipinski definition) is 6. The molecule has 0 aromatic rings. The van der Waals surface area contributed by atoms with Gasteiger partial charge in [-0.25, -0.2) is 0 Å². The molecule has 0 amide bonds. The van der Waals surface area contributed by atoms with Gasteiger partial charge in [-0.1, -0.05) is 234 Å². The van der Waals surface area contributed by atoms with Gasteiger partial charge in [0.2, 0.25) is 0 Å². The molecule has 0 saturated heterocycles. The third-order valence-corrected chi connectivity index (χ3v) is 11.2. The molecular weight excluding hydrogens is 697 g/mol. The molecule has 0 unspecified atom stereocenters. The third-order valence-electron chi connectivity index (χ3n) is 11.2. The molecule has 332 valence electrons. The van der Waals surface area contributed by atoms with E-state index in [0.29, 0.717) is 19.3 Å². The fourth-order valence-corrected chi connectivity index (χ4v) is 7.46. The van der Waals surface area contributed by atoms with Crippen LogP contribution in [0.3, 0.4) is 0 Å². The van der Waals surface area contributed by atoms with Crippen LogP contribution in [0.2, 0.25) is 0 Å². The Morgan fingerprint density at radius 2 is 0.589 bits per heavy atom. The van der Waals surface area contributed by atoms with Crippen molar-refractivity contribution >= 4 is 17.9 Å². The first kappa shape index (κ1) is 54.4. The number of esters is 3. The van der Waals surface area contributed by atoms with E-state index in [2.05, 4.69) is 34.6 Å². The van der Waals surface area contributed by atoms with Crippen molar-refractivity contribution in [1.82, 2.24) is 0 Å². The predicted molar refractivity (Wildman–Crippen MR) is 238 cm³/mol. The molecule has 0 aliphatic rings. The Morgan fingerprint density at radius 1 is 0.339 bits per heavy atom. The number of rotatable bonds is 44. The normalized spacial score (nSPS) is 12.1. The Balaban J connectivity index is 4.27. The van der Waals surface area contributed by atoms with E-state index in [1.807, 2.05) is 0 Å². The fourth-order valence-electron chi connectivity index (χ4n) is 7.46. The van der Waals surface area contributed by atoms with Gasteiger partial charge in [-0.3, -0.25) is 14.4 Å². The van der Waals surface area contributed by atoms with Crippen LogP contribution in [0.5, 0.6) is 0 Å². The van der Waals surface area contributed by atoms with Crippen molar-refractivity contribution in [3.8, 4) is 0 Å². The average Bonchev–Trinajstić information content (AvgIpc) is 3.16. The third kappa shape index (κ3) is 43.5. The molecule has 0 aromatic heterocycles. The van der Waals surface area contributed by atoms with Crippen LogP contribution in [-0.2, 0) is 28.6 Å². The van der Waals surface area contributed by atoms with Gasteiger partial charge in [-0.15, -0.1) is 0 Å². The smallest absolute Gasteiger partial charge is 0.306 e. The molecule has 0 bridgehead atoms. The van der Waals surface area contributed by atoms with E-state index >= 15 is 0 Å². The largest absolute Gasteiger partial charge is 0.462 e. The minimum absolute atomic E-state index is 0.0654. The van der Waals surface area contributed by atoms with Crippen LogP contribution in [0, 0.1) is 11.8 Å². The van der Waals surface area contributed by atoms with Crippen molar-refractivity contribution in [1.29, 1.82) is 0 Å². The highest BCUT2D eigenvalue weighted by Gasteiger charge is 2.19. The van der Waals surface area contributed by atoms with Gasteiger partial charge in [0, 0.05) is 19.3 Å². The van der Waals surface area contributed by atoms with Gasteiger partial charge in [0.1, 0.15) is 13.2 Å². The molecule has 6 heteroatoms. The zero-order chi connectivity index (χ0) is 41.2. The lowest BCUT2D eigenvalue weighted by molar-refractivity contribution is -0.167. The summed E-state index contributed by atoms with van der Waals surface area (Å²) in [7, 11) is 0. The summed E-state index contributed by atoms with van der Waals surface area (Å²) in [6.45, 7) is 11.3. The van der Waals surface area contributed by atoms with Crippen LogP contribution in [0.15, 0.2) is 0 Å². The van der Waals surface area contributed by atoms with Crippen LogP contribution >= 0.6 is 0 Å². The lowest BCUT2D eigenvalue weighted by atomic mass is 10.0. The van der Waals surface area contributed by atoms with Crippen molar-refractivity contribution < 1.29 is 28.6 Å². The molecule has 0 saturated carbocycles. The highest BCUT2D eigenvalue weighted by atomic mass is 16.6. The monoisotopic (exact) mass is 793 g/mol.